The SMILES string of the molecule is Nc1ncc(Br)nc1O[C@H](CF)c1cc(F)ccc1I. The quantitative estimate of drug-likeness (QED) is 0.715. The van der Waals surface area contributed by atoms with E-state index in [1.807, 2.05) is 22.6 Å². The molecule has 106 valence electrons. The van der Waals surface area contributed by atoms with Crippen LogP contribution >= 0.6 is 38.5 Å². The molecule has 1 aromatic carbocycles. The molecule has 0 saturated carbocycles. The van der Waals surface area contributed by atoms with E-state index in [0.717, 1.165) is 0 Å². The van der Waals surface area contributed by atoms with Gasteiger partial charge in [0, 0.05) is 9.13 Å². The minimum absolute atomic E-state index is 0.00193. The molecule has 4 nitrogen and oxygen atoms in total. The summed E-state index contributed by atoms with van der Waals surface area (Å²) in [6, 6.07) is 4.08. The van der Waals surface area contributed by atoms with Gasteiger partial charge in [-0.25, -0.2) is 18.7 Å². The van der Waals surface area contributed by atoms with Crippen molar-refractivity contribution >= 4 is 44.3 Å². The second-order valence-corrected chi connectivity index (χ2v) is 5.78. The molecule has 0 spiro atoms. The molecular weight excluding hydrogens is 447 g/mol. The molecule has 8 heteroatoms. The third kappa shape index (κ3) is 3.54. The number of aromatic nitrogens is 2. The maximum Gasteiger partial charge on any atom is 0.259 e. The van der Waals surface area contributed by atoms with Crippen LogP contribution in [-0.2, 0) is 0 Å². The second kappa shape index (κ2) is 6.61. The first-order chi connectivity index (χ1) is 9.51. The van der Waals surface area contributed by atoms with E-state index in [0.29, 0.717) is 13.7 Å². The molecule has 20 heavy (non-hydrogen) atoms. The van der Waals surface area contributed by atoms with E-state index < -0.39 is 18.6 Å². The minimum atomic E-state index is -0.997. The van der Waals surface area contributed by atoms with Crippen LogP contribution in [0.2, 0.25) is 0 Å². The molecule has 0 amide bonds. The van der Waals surface area contributed by atoms with Gasteiger partial charge in [-0.3, -0.25) is 0 Å². The van der Waals surface area contributed by atoms with E-state index in [4.69, 9.17) is 10.5 Å². The smallest absolute Gasteiger partial charge is 0.259 e. The predicted octanol–water partition coefficient (Wildman–Crippen LogP) is 3.65. The first-order valence-electron chi connectivity index (χ1n) is 5.47. The van der Waals surface area contributed by atoms with Crippen molar-refractivity contribution in [3.05, 3.63) is 43.9 Å². The number of nitrogens with zero attached hydrogens (tertiary/aromatic N) is 2. The average molecular weight is 456 g/mol. The number of benzene rings is 1. The van der Waals surface area contributed by atoms with Crippen LogP contribution in [0.3, 0.4) is 0 Å². The summed E-state index contributed by atoms with van der Waals surface area (Å²) in [6.45, 7) is -0.840. The zero-order valence-electron chi connectivity index (χ0n) is 9.99. The summed E-state index contributed by atoms with van der Waals surface area (Å²) in [4.78, 5) is 7.83. The topological polar surface area (TPSA) is 61.0 Å². The molecule has 0 radical (unpaired) electrons. The monoisotopic (exact) mass is 455 g/mol. The van der Waals surface area contributed by atoms with Crippen LogP contribution in [0.5, 0.6) is 5.88 Å². The van der Waals surface area contributed by atoms with Crippen molar-refractivity contribution in [1.82, 2.24) is 9.97 Å². The third-order valence-corrected chi connectivity index (χ3v) is 3.80. The Morgan fingerprint density at radius 3 is 2.90 bits per heavy atom. The van der Waals surface area contributed by atoms with Gasteiger partial charge in [-0.05, 0) is 56.7 Å². The largest absolute Gasteiger partial charge is 0.464 e. The Labute approximate surface area is 136 Å². The molecule has 0 aliphatic rings. The molecule has 2 rings (SSSR count). The van der Waals surface area contributed by atoms with E-state index >= 15 is 0 Å². The van der Waals surface area contributed by atoms with Crippen molar-refractivity contribution in [3.8, 4) is 5.88 Å². The fourth-order valence-corrected chi connectivity index (χ4v) is 2.47. The lowest BCUT2D eigenvalue weighted by molar-refractivity contribution is 0.159. The fraction of sp³-hybridized carbons (Fsp3) is 0.167. The highest BCUT2D eigenvalue weighted by atomic mass is 127. The highest BCUT2D eigenvalue weighted by Crippen LogP contribution is 2.28. The van der Waals surface area contributed by atoms with Gasteiger partial charge in [0.25, 0.3) is 5.88 Å². The molecule has 0 aliphatic carbocycles. The van der Waals surface area contributed by atoms with E-state index in [9.17, 15) is 8.78 Å². The summed E-state index contributed by atoms with van der Waals surface area (Å²) >= 11 is 5.11. The summed E-state index contributed by atoms with van der Waals surface area (Å²) in [5.41, 5.74) is 6.02. The molecule has 1 heterocycles. The standard InChI is InChI=1S/C12H9BrF2IN3O/c13-10-5-18-11(17)12(19-10)20-9(4-14)7-3-6(15)1-2-8(7)16/h1-3,5,9H,4H2,(H2,17,18)/t9-/m1/s1. The first kappa shape index (κ1) is 15.4. The lowest BCUT2D eigenvalue weighted by atomic mass is 10.1. The Morgan fingerprint density at radius 1 is 1.45 bits per heavy atom. The molecule has 2 N–H and O–H groups in total. The molecule has 0 bridgehead atoms. The van der Waals surface area contributed by atoms with Crippen LogP contribution < -0.4 is 10.5 Å². The van der Waals surface area contributed by atoms with Gasteiger partial charge in [0.2, 0.25) is 0 Å². The van der Waals surface area contributed by atoms with Crippen molar-refractivity contribution in [1.29, 1.82) is 0 Å². The fourth-order valence-electron chi connectivity index (χ4n) is 1.52. The zero-order chi connectivity index (χ0) is 14.7. The van der Waals surface area contributed by atoms with Crippen LogP contribution in [0.4, 0.5) is 14.6 Å². The maximum atomic E-state index is 13.3. The van der Waals surface area contributed by atoms with Crippen LogP contribution in [0.1, 0.15) is 11.7 Å². The number of halogens is 4. The van der Waals surface area contributed by atoms with Crippen LogP contribution in [0, 0.1) is 9.39 Å². The van der Waals surface area contributed by atoms with E-state index in [1.54, 1.807) is 6.07 Å². The predicted molar refractivity (Wildman–Crippen MR) is 82.6 cm³/mol. The number of hydrogen-bond acceptors (Lipinski definition) is 4. The van der Waals surface area contributed by atoms with Crippen LogP contribution in [0.25, 0.3) is 0 Å². The number of nitrogens with two attached hydrogens (primary N) is 1. The summed E-state index contributed by atoms with van der Waals surface area (Å²) in [5.74, 6) is -0.420. The van der Waals surface area contributed by atoms with Gasteiger partial charge < -0.3 is 10.5 Å². The molecule has 0 unspecified atom stereocenters. The Bertz CT molecular complexity index is 630. The van der Waals surface area contributed by atoms with Crippen LogP contribution in [-0.4, -0.2) is 16.6 Å². The maximum absolute atomic E-state index is 13.3. The van der Waals surface area contributed by atoms with E-state index in [2.05, 4.69) is 25.9 Å². The summed E-state index contributed by atoms with van der Waals surface area (Å²) in [5, 5.41) is 0. The number of rotatable bonds is 4. The van der Waals surface area contributed by atoms with Gasteiger partial charge in [0.15, 0.2) is 11.9 Å². The number of alkyl halides is 1. The zero-order valence-corrected chi connectivity index (χ0v) is 13.7. The van der Waals surface area contributed by atoms with Gasteiger partial charge in [-0.15, -0.1) is 0 Å². The van der Waals surface area contributed by atoms with Gasteiger partial charge in [-0.1, -0.05) is 0 Å². The lowest BCUT2D eigenvalue weighted by Gasteiger charge is -2.17. The molecule has 0 fully saturated rings. The van der Waals surface area contributed by atoms with E-state index in [-0.39, 0.29) is 11.7 Å². The number of nitrogen functional groups attached to an aromatic ring is 1. The van der Waals surface area contributed by atoms with Gasteiger partial charge in [0.1, 0.15) is 17.1 Å². The van der Waals surface area contributed by atoms with Crippen molar-refractivity contribution < 1.29 is 13.5 Å². The highest BCUT2D eigenvalue weighted by Gasteiger charge is 2.19. The van der Waals surface area contributed by atoms with Gasteiger partial charge in [0.05, 0.1) is 6.20 Å². The van der Waals surface area contributed by atoms with Crippen molar-refractivity contribution in [3.63, 3.8) is 0 Å². The van der Waals surface area contributed by atoms with Gasteiger partial charge >= 0.3 is 0 Å². The highest BCUT2D eigenvalue weighted by molar-refractivity contribution is 14.1. The first-order valence-corrected chi connectivity index (χ1v) is 7.34. The number of anilines is 1. The molecule has 0 saturated heterocycles. The summed E-state index contributed by atoms with van der Waals surface area (Å²) in [6.07, 6.45) is 0.405. The number of ether oxygens (including phenoxy) is 1. The second-order valence-electron chi connectivity index (χ2n) is 3.81. The molecule has 2 aromatic rings. The van der Waals surface area contributed by atoms with Crippen molar-refractivity contribution in [2.45, 2.75) is 6.10 Å². The Kier molecular flexibility index (Phi) is 5.08. The molecule has 0 aliphatic heterocycles. The Morgan fingerprint density at radius 2 is 2.20 bits per heavy atom. The summed E-state index contributed by atoms with van der Waals surface area (Å²) in [7, 11) is 0. The van der Waals surface area contributed by atoms with Gasteiger partial charge in [-0.2, -0.15) is 0 Å². The summed E-state index contributed by atoms with van der Waals surface area (Å²) < 4.78 is 33.0. The minimum Gasteiger partial charge on any atom is -0.464 e. The average Bonchev–Trinajstić information content (AvgIpc) is 2.42. The van der Waals surface area contributed by atoms with Crippen molar-refractivity contribution in [2.24, 2.45) is 0 Å². The molecule has 1 aromatic heterocycles. The van der Waals surface area contributed by atoms with Crippen LogP contribution in [0.15, 0.2) is 29.0 Å². The third-order valence-electron chi connectivity index (χ3n) is 2.44. The molecular formula is C12H9BrF2IN3O. The van der Waals surface area contributed by atoms with E-state index in [1.165, 1.54) is 18.3 Å². The molecule has 1 atom stereocenters. The normalized spacial score (nSPS) is 12.2. The number of hydrogen-bond donors (Lipinski definition) is 1. The Hall–Kier alpha value is -1.03. The lowest BCUT2D eigenvalue weighted by Crippen LogP contribution is -2.14. The van der Waals surface area contributed by atoms with Crippen molar-refractivity contribution in [2.75, 3.05) is 12.4 Å². The Balaban J connectivity index is 2.33.